The third-order valence-electron chi connectivity index (χ3n) is 16.2. The Bertz CT molecular complexity index is 3160. The number of ether oxygens (including phenoxy) is 2. The molecule has 75 heavy (non-hydrogen) atoms. The van der Waals surface area contributed by atoms with Crippen LogP contribution in [0.4, 0.5) is 15.8 Å². The summed E-state index contributed by atoms with van der Waals surface area (Å²) in [6, 6.07) is 29.4. The fraction of sp³-hybridized carbons (Fsp3) is 0.400. The van der Waals surface area contributed by atoms with Gasteiger partial charge in [0.1, 0.15) is 35.7 Å². The molecule has 0 bridgehead atoms. The highest BCUT2D eigenvalue weighted by Gasteiger charge is 2.36. The van der Waals surface area contributed by atoms with Gasteiger partial charge in [-0.15, -0.1) is 0 Å². The molecule has 2 atom stereocenters. The SMILES string of the molecule is Cc1c(N(C(=O)c2cc(-c3cc4c(cc3C(=O)N3Cc5ccccc5C[C@H]3CN3CCCCC3)CN(C(=O)Cc3ccc(OC[C@H](C)N5CCOCC5)cc3F)CC4)n(C)c2C)c2ccc(O)cc2)cc(C#N)n1C. The number of rotatable bonds is 13. The van der Waals surface area contributed by atoms with Gasteiger partial charge in [-0.25, -0.2) is 4.39 Å². The van der Waals surface area contributed by atoms with Gasteiger partial charge in [0.15, 0.2) is 0 Å². The standard InChI is InChI=1S/C60H67FN8O6/c1-39(66-23-25-74-26-24-66)38-75-51-18-13-44(55(61)32-51)30-58(71)67-22-19-43-28-53(54(29-46(43)35-67)59(72)68-36-45-12-8-7-11-42(45)27-49(68)37-65-20-9-6-10-21-65)57-33-52(40(2)64(57)5)60(73)69(47-14-16-50(70)17-15-47)56-31-48(34-62)63(4)41(56)3/h7-8,11-18,28-29,31-33,39,49,70H,6,9-10,19-27,30,35-38H2,1-5H3/t39-,49-/m0/s1. The van der Waals surface area contributed by atoms with E-state index in [2.05, 4.69) is 47.1 Å². The Morgan fingerprint density at radius 2 is 1.57 bits per heavy atom. The number of nitrogens with zero attached hydrogens (tertiary/aromatic N) is 8. The molecule has 2 aromatic heterocycles. The van der Waals surface area contributed by atoms with E-state index in [-0.39, 0.29) is 54.1 Å². The number of phenols is 1. The summed E-state index contributed by atoms with van der Waals surface area (Å²) in [5, 5.41) is 20.3. The number of amides is 3. The molecule has 14 nitrogen and oxygen atoms in total. The van der Waals surface area contributed by atoms with Gasteiger partial charge in [0.25, 0.3) is 11.8 Å². The minimum absolute atomic E-state index is 0.0504. The number of hydrogen-bond acceptors (Lipinski definition) is 9. The zero-order valence-electron chi connectivity index (χ0n) is 43.8. The Hall–Kier alpha value is -7.25. The number of phenolic OH excluding ortho intramolecular Hbond substituents is 1. The Balaban J connectivity index is 0.990. The van der Waals surface area contributed by atoms with Crippen molar-refractivity contribution in [1.29, 1.82) is 5.26 Å². The number of halogens is 1. The van der Waals surface area contributed by atoms with E-state index >= 15 is 14.0 Å². The summed E-state index contributed by atoms with van der Waals surface area (Å²) >= 11 is 0. The number of likely N-dealkylation sites (tertiary alicyclic amines) is 1. The zero-order chi connectivity index (χ0) is 52.5. The number of nitriles is 1. The number of aromatic nitrogens is 2. The number of anilines is 2. The number of carbonyl (C=O) groups excluding carboxylic acids is 3. The first-order valence-electron chi connectivity index (χ1n) is 26.4. The highest BCUT2D eigenvalue weighted by molar-refractivity contribution is 6.13. The Kier molecular flexibility index (Phi) is 15.0. The highest BCUT2D eigenvalue weighted by atomic mass is 19.1. The van der Waals surface area contributed by atoms with E-state index in [1.807, 2.05) is 48.6 Å². The molecule has 4 aliphatic rings. The molecule has 0 aliphatic carbocycles. The number of aromatic hydroxyl groups is 1. The summed E-state index contributed by atoms with van der Waals surface area (Å²) in [5.41, 5.74) is 9.52. The molecule has 2 fully saturated rings. The molecule has 0 radical (unpaired) electrons. The van der Waals surface area contributed by atoms with Gasteiger partial charge >= 0.3 is 0 Å². The molecule has 10 rings (SSSR count). The van der Waals surface area contributed by atoms with Crippen LogP contribution in [0.5, 0.6) is 11.5 Å². The number of piperidine rings is 1. The minimum Gasteiger partial charge on any atom is -0.508 e. The van der Waals surface area contributed by atoms with E-state index in [0.717, 1.165) is 68.7 Å². The lowest BCUT2D eigenvalue weighted by Crippen LogP contribution is -2.51. The van der Waals surface area contributed by atoms with Gasteiger partial charge in [0, 0.05) is 105 Å². The fourth-order valence-electron chi connectivity index (χ4n) is 11.4. The van der Waals surface area contributed by atoms with Crippen molar-refractivity contribution in [2.24, 2.45) is 14.1 Å². The number of carbonyl (C=O) groups is 3. The normalized spacial score (nSPS) is 17.5. The van der Waals surface area contributed by atoms with Crippen LogP contribution in [0.2, 0.25) is 0 Å². The van der Waals surface area contributed by atoms with Crippen molar-refractivity contribution in [2.75, 3.05) is 64.0 Å². The average molecular weight is 1020 g/mol. The summed E-state index contributed by atoms with van der Waals surface area (Å²) < 4.78 is 30.9. The minimum atomic E-state index is -0.496. The van der Waals surface area contributed by atoms with Gasteiger partial charge in [-0.3, -0.25) is 24.2 Å². The highest BCUT2D eigenvalue weighted by Crippen LogP contribution is 2.39. The van der Waals surface area contributed by atoms with Crippen molar-refractivity contribution >= 4 is 29.1 Å². The quantitative estimate of drug-likeness (QED) is 0.121. The molecular formula is C60H67FN8O6. The molecule has 0 spiro atoms. The number of fused-ring (bicyclic) bond motifs is 2. The summed E-state index contributed by atoms with van der Waals surface area (Å²) in [6.07, 6.45) is 4.57. The van der Waals surface area contributed by atoms with Gasteiger partial charge < -0.3 is 38.4 Å². The van der Waals surface area contributed by atoms with Crippen molar-refractivity contribution in [3.05, 3.63) is 153 Å². The maximum absolute atomic E-state index is 15.8. The monoisotopic (exact) mass is 1010 g/mol. The molecule has 4 aliphatic heterocycles. The predicted octanol–water partition coefficient (Wildman–Crippen LogP) is 8.62. The Morgan fingerprint density at radius 1 is 0.827 bits per heavy atom. The molecule has 390 valence electrons. The molecular weight excluding hydrogens is 948 g/mol. The Labute approximate surface area is 439 Å². The molecule has 2 saturated heterocycles. The molecule has 0 unspecified atom stereocenters. The lowest BCUT2D eigenvalue weighted by atomic mass is 9.89. The van der Waals surface area contributed by atoms with Crippen molar-refractivity contribution in [3.8, 4) is 28.8 Å². The smallest absolute Gasteiger partial charge is 0.264 e. The van der Waals surface area contributed by atoms with Crippen molar-refractivity contribution in [3.63, 3.8) is 0 Å². The van der Waals surface area contributed by atoms with Crippen molar-refractivity contribution < 1.29 is 33.4 Å². The zero-order valence-corrected chi connectivity index (χ0v) is 43.8. The van der Waals surface area contributed by atoms with Gasteiger partial charge in [-0.2, -0.15) is 5.26 Å². The predicted molar refractivity (Wildman–Crippen MR) is 286 cm³/mol. The van der Waals surface area contributed by atoms with E-state index < -0.39 is 5.82 Å². The molecule has 3 amide bonds. The van der Waals surface area contributed by atoms with Gasteiger partial charge in [-0.05, 0) is 142 Å². The largest absolute Gasteiger partial charge is 0.508 e. The van der Waals surface area contributed by atoms with E-state index in [1.54, 1.807) is 51.7 Å². The molecule has 15 heteroatoms. The number of benzene rings is 4. The van der Waals surface area contributed by atoms with Crippen molar-refractivity contribution in [1.82, 2.24) is 28.7 Å². The van der Waals surface area contributed by atoms with Crippen LogP contribution in [-0.4, -0.2) is 123 Å². The Morgan fingerprint density at radius 3 is 2.29 bits per heavy atom. The topological polar surface area (TPSA) is 140 Å². The third-order valence-corrected chi connectivity index (χ3v) is 16.2. The van der Waals surface area contributed by atoms with Crippen LogP contribution in [0, 0.1) is 31.0 Å². The summed E-state index contributed by atoms with van der Waals surface area (Å²) in [4.78, 5) is 55.3. The van der Waals surface area contributed by atoms with Crippen LogP contribution in [0.25, 0.3) is 11.3 Å². The molecule has 4 aromatic carbocycles. The molecule has 0 saturated carbocycles. The third kappa shape index (κ3) is 10.6. The summed E-state index contributed by atoms with van der Waals surface area (Å²) in [6.45, 7) is 13.1. The van der Waals surface area contributed by atoms with Crippen LogP contribution < -0.4 is 9.64 Å². The molecule has 6 heterocycles. The van der Waals surface area contributed by atoms with Crippen molar-refractivity contribution in [2.45, 2.75) is 84.5 Å². The summed E-state index contributed by atoms with van der Waals surface area (Å²) in [7, 11) is 3.69. The molecule has 1 N–H and O–H groups in total. The van der Waals surface area contributed by atoms with Crippen LogP contribution in [0.3, 0.4) is 0 Å². The number of hydrogen-bond donors (Lipinski definition) is 1. The molecule has 6 aromatic rings. The average Bonchev–Trinajstić information content (AvgIpc) is 3.90. The summed E-state index contributed by atoms with van der Waals surface area (Å²) in [5.74, 6) is -0.712. The van der Waals surface area contributed by atoms with Crippen LogP contribution in [0.15, 0.2) is 91.0 Å². The first-order valence-corrected chi connectivity index (χ1v) is 26.4. The second-order valence-electron chi connectivity index (χ2n) is 20.8. The van der Waals surface area contributed by atoms with Crippen LogP contribution in [-0.2, 0) is 56.0 Å². The van der Waals surface area contributed by atoms with Crippen LogP contribution in [0.1, 0.15) is 91.8 Å². The first kappa shape index (κ1) is 51.2. The van der Waals surface area contributed by atoms with E-state index in [0.29, 0.717) is 95.9 Å². The second-order valence-corrected chi connectivity index (χ2v) is 20.8. The fourth-order valence-corrected chi connectivity index (χ4v) is 11.4. The lowest BCUT2D eigenvalue weighted by Gasteiger charge is -2.41. The van der Waals surface area contributed by atoms with Gasteiger partial charge in [-0.1, -0.05) is 36.8 Å². The van der Waals surface area contributed by atoms with E-state index in [4.69, 9.17) is 9.47 Å². The maximum Gasteiger partial charge on any atom is 0.264 e. The van der Waals surface area contributed by atoms with E-state index in [9.17, 15) is 15.2 Å². The second kappa shape index (κ2) is 21.9. The number of morpholine rings is 1. The van der Waals surface area contributed by atoms with Gasteiger partial charge in [0.05, 0.1) is 30.9 Å². The lowest BCUT2D eigenvalue weighted by molar-refractivity contribution is -0.131. The first-order chi connectivity index (χ1) is 36.3. The van der Waals surface area contributed by atoms with E-state index in [1.165, 1.54) is 30.2 Å². The van der Waals surface area contributed by atoms with Crippen LogP contribution >= 0.6 is 0 Å². The van der Waals surface area contributed by atoms with Gasteiger partial charge in [0.2, 0.25) is 5.91 Å². The maximum atomic E-state index is 15.8.